The van der Waals surface area contributed by atoms with E-state index in [4.69, 9.17) is 9.29 Å². The summed E-state index contributed by atoms with van der Waals surface area (Å²) >= 11 is 1.88. The Morgan fingerprint density at radius 1 is 1.50 bits per heavy atom. The maximum atomic E-state index is 10.7. The van der Waals surface area contributed by atoms with E-state index in [0.717, 1.165) is 24.3 Å². The van der Waals surface area contributed by atoms with Crippen LogP contribution in [0, 0.1) is 5.92 Å². The molecule has 14 heavy (non-hydrogen) atoms. The quantitative estimate of drug-likeness (QED) is 0.744. The molecule has 1 heterocycles. The summed E-state index contributed by atoms with van der Waals surface area (Å²) in [5.41, 5.74) is 0. The molecule has 0 aromatic heterocycles. The van der Waals surface area contributed by atoms with Gasteiger partial charge in [0.15, 0.2) is 0 Å². The topological polar surface area (TPSA) is 63.6 Å². The molecular formula is C8H16O4S2. The van der Waals surface area contributed by atoms with Gasteiger partial charge in [-0.2, -0.15) is 20.2 Å². The van der Waals surface area contributed by atoms with E-state index in [1.807, 2.05) is 11.8 Å². The van der Waals surface area contributed by atoms with Crippen molar-refractivity contribution >= 4 is 21.9 Å². The van der Waals surface area contributed by atoms with E-state index in [9.17, 15) is 8.42 Å². The van der Waals surface area contributed by atoms with Crippen LogP contribution in [0.25, 0.3) is 0 Å². The van der Waals surface area contributed by atoms with Crippen LogP contribution in [0.4, 0.5) is 0 Å². The van der Waals surface area contributed by atoms with Gasteiger partial charge in [0.25, 0.3) is 10.1 Å². The molecule has 1 fully saturated rings. The van der Waals surface area contributed by atoms with Crippen molar-refractivity contribution in [3.63, 3.8) is 0 Å². The highest BCUT2D eigenvalue weighted by Gasteiger charge is 2.27. The van der Waals surface area contributed by atoms with Gasteiger partial charge in [-0.15, -0.1) is 0 Å². The molecule has 84 valence electrons. The second-order valence-corrected chi connectivity index (χ2v) is 6.19. The zero-order valence-electron chi connectivity index (χ0n) is 8.18. The first-order valence-electron chi connectivity index (χ1n) is 4.58. The van der Waals surface area contributed by atoms with Crippen LogP contribution in [-0.4, -0.2) is 43.4 Å². The van der Waals surface area contributed by atoms with Gasteiger partial charge in [0.1, 0.15) is 5.75 Å². The summed E-state index contributed by atoms with van der Waals surface area (Å²) in [5, 5.41) is 0. The minimum atomic E-state index is -3.92. The van der Waals surface area contributed by atoms with Crippen molar-refractivity contribution in [2.45, 2.75) is 18.9 Å². The number of hydrogen-bond acceptors (Lipinski definition) is 4. The fourth-order valence-corrected chi connectivity index (χ4v) is 3.66. The molecule has 0 amide bonds. The van der Waals surface area contributed by atoms with Crippen LogP contribution in [0.3, 0.4) is 0 Å². The van der Waals surface area contributed by atoms with Crippen molar-refractivity contribution in [2.75, 3.05) is 24.4 Å². The third-order valence-corrected chi connectivity index (χ3v) is 4.27. The Morgan fingerprint density at radius 3 is 2.50 bits per heavy atom. The molecule has 1 N–H and O–H groups in total. The van der Waals surface area contributed by atoms with Gasteiger partial charge in [0, 0.05) is 7.11 Å². The molecule has 1 atom stereocenters. The highest BCUT2D eigenvalue weighted by molar-refractivity contribution is 7.99. The fraction of sp³-hybridized carbons (Fsp3) is 1.00. The Hall–Kier alpha value is 0.220. The van der Waals surface area contributed by atoms with Crippen molar-refractivity contribution < 1.29 is 17.7 Å². The van der Waals surface area contributed by atoms with E-state index in [2.05, 4.69) is 0 Å². The van der Waals surface area contributed by atoms with Crippen LogP contribution in [0.2, 0.25) is 0 Å². The predicted octanol–water partition coefficient (Wildman–Crippen LogP) is 1.03. The third kappa shape index (κ3) is 4.16. The molecule has 0 spiro atoms. The minimum absolute atomic E-state index is 0.267. The van der Waals surface area contributed by atoms with Crippen LogP contribution in [0.1, 0.15) is 12.8 Å². The summed E-state index contributed by atoms with van der Waals surface area (Å²) in [6, 6.07) is 0. The van der Waals surface area contributed by atoms with Crippen LogP contribution in [0.15, 0.2) is 0 Å². The zero-order valence-corrected chi connectivity index (χ0v) is 9.81. The molecule has 1 saturated heterocycles. The molecule has 1 unspecified atom stereocenters. The summed E-state index contributed by atoms with van der Waals surface area (Å²) in [7, 11) is -2.42. The van der Waals surface area contributed by atoms with Gasteiger partial charge in [0.2, 0.25) is 0 Å². The average molecular weight is 240 g/mol. The van der Waals surface area contributed by atoms with E-state index in [1.54, 1.807) is 0 Å². The number of rotatable bonds is 4. The molecule has 0 aromatic rings. The normalized spacial score (nSPS) is 22.1. The summed E-state index contributed by atoms with van der Waals surface area (Å²) in [6.45, 7) is 0. The average Bonchev–Trinajstić information content (AvgIpc) is 2.14. The van der Waals surface area contributed by atoms with Gasteiger partial charge in [-0.3, -0.25) is 4.55 Å². The van der Waals surface area contributed by atoms with Crippen molar-refractivity contribution in [1.82, 2.24) is 0 Å². The first kappa shape index (κ1) is 12.3. The van der Waals surface area contributed by atoms with Gasteiger partial charge < -0.3 is 4.74 Å². The van der Waals surface area contributed by atoms with Gasteiger partial charge >= 0.3 is 0 Å². The Morgan fingerprint density at radius 2 is 2.07 bits per heavy atom. The Bertz CT molecular complexity index is 257. The second kappa shape index (κ2) is 5.34. The minimum Gasteiger partial charge on any atom is -0.380 e. The molecule has 0 saturated carbocycles. The van der Waals surface area contributed by atoms with Crippen molar-refractivity contribution in [3.05, 3.63) is 0 Å². The Kier molecular flexibility index (Phi) is 4.69. The third-order valence-electron chi connectivity index (χ3n) is 2.47. The van der Waals surface area contributed by atoms with Crippen molar-refractivity contribution in [3.8, 4) is 0 Å². The monoisotopic (exact) mass is 240 g/mol. The van der Waals surface area contributed by atoms with Gasteiger partial charge in [-0.1, -0.05) is 0 Å². The zero-order chi connectivity index (χ0) is 10.6. The Labute approximate surface area is 89.2 Å². The van der Waals surface area contributed by atoms with Crippen LogP contribution >= 0.6 is 11.8 Å². The van der Waals surface area contributed by atoms with Crippen molar-refractivity contribution in [2.24, 2.45) is 5.92 Å². The molecule has 1 aliphatic rings. The molecule has 1 rings (SSSR count). The van der Waals surface area contributed by atoms with Gasteiger partial charge in [-0.05, 0) is 30.3 Å². The summed E-state index contributed by atoms with van der Waals surface area (Å²) < 4.78 is 35.3. The molecule has 6 heteroatoms. The number of hydrogen-bond donors (Lipinski definition) is 1. The summed E-state index contributed by atoms with van der Waals surface area (Å²) in [5.74, 6) is 2.09. The van der Waals surface area contributed by atoms with E-state index >= 15 is 0 Å². The van der Waals surface area contributed by atoms with Gasteiger partial charge in [-0.25, -0.2) is 0 Å². The SMILES string of the molecule is COC(CS(=O)(=O)O)C1CCSCC1. The maximum absolute atomic E-state index is 10.7. The lowest BCUT2D eigenvalue weighted by molar-refractivity contribution is 0.0645. The van der Waals surface area contributed by atoms with E-state index in [0.29, 0.717) is 0 Å². The molecule has 4 nitrogen and oxygen atoms in total. The van der Waals surface area contributed by atoms with E-state index in [1.165, 1.54) is 7.11 Å². The highest BCUT2D eigenvalue weighted by Crippen LogP contribution is 2.27. The Balaban J connectivity index is 2.52. The maximum Gasteiger partial charge on any atom is 0.267 e. The number of thioether (sulfide) groups is 1. The first-order chi connectivity index (χ1) is 6.53. The van der Waals surface area contributed by atoms with Crippen LogP contribution in [-0.2, 0) is 14.9 Å². The highest BCUT2D eigenvalue weighted by atomic mass is 32.2. The van der Waals surface area contributed by atoms with Crippen molar-refractivity contribution in [1.29, 1.82) is 0 Å². The molecule has 0 aliphatic carbocycles. The lowest BCUT2D eigenvalue weighted by Crippen LogP contribution is -2.32. The first-order valence-corrected chi connectivity index (χ1v) is 7.35. The van der Waals surface area contributed by atoms with Crippen LogP contribution < -0.4 is 0 Å². The van der Waals surface area contributed by atoms with Crippen LogP contribution in [0.5, 0.6) is 0 Å². The predicted molar refractivity (Wildman–Crippen MR) is 57.3 cm³/mol. The molecule has 0 bridgehead atoms. The van der Waals surface area contributed by atoms with E-state index < -0.39 is 10.1 Å². The second-order valence-electron chi connectivity index (χ2n) is 3.47. The van der Waals surface area contributed by atoms with E-state index in [-0.39, 0.29) is 17.8 Å². The summed E-state index contributed by atoms with van der Waals surface area (Å²) in [4.78, 5) is 0. The standard InChI is InChI=1S/C8H16O4S2/c1-12-8(6-14(9,10)11)7-2-4-13-5-3-7/h7-8H,2-6H2,1H3,(H,9,10,11). The fourth-order valence-electron chi connectivity index (χ4n) is 1.69. The molecular weight excluding hydrogens is 224 g/mol. The largest absolute Gasteiger partial charge is 0.380 e. The lowest BCUT2D eigenvalue weighted by Gasteiger charge is -2.27. The molecule has 0 radical (unpaired) electrons. The molecule has 1 aliphatic heterocycles. The molecule has 0 aromatic carbocycles. The smallest absolute Gasteiger partial charge is 0.267 e. The summed E-state index contributed by atoms with van der Waals surface area (Å²) in [6.07, 6.45) is 1.59. The van der Waals surface area contributed by atoms with Gasteiger partial charge in [0.05, 0.1) is 6.10 Å². The lowest BCUT2D eigenvalue weighted by atomic mass is 9.97. The number of methoxy groups -OCH3 is 1. The number of ether oxygens (including phenoxy) is 1.